The van der Waals surface area contributed by atoms with Gasteiger partial charge in [0.1, 0.15) is 5.75 Å². The summed E-state index contributed by atoms with van der Waals surface area (Å²) in [5, 5.41) is 2.97. The zero-order valence-electron chi connectivity index (χ0n) is 16.1. The van der Waals surface area contributed by atoms with Gasteiger partial charge in [0.2, 0.25) is 5.91 Å². The van der Waals surface area contributed by atoms with E-state index >= 15 is 0 Å². The molecule has 0 atom stereocenters. The number of benzene rings is 2. The van der Waals surface area contributed by atoms with E-state index in [9.17, 15) is 4.79 Å². The number of nitrogens with one attached hydrogen (secondary N) is 1. The third kappa shape index (κ3) is 6.43. The maximum atomic E-state index is 12.0. The van der Waals surface area contributed by atoms with Crippen LogP contribution in [0.25, 0.3) is 0 Å². The third-order valence-electron chi connectivity index (χ3n) is 4.39. The van der Waals surface area contributed by atoms with Crippen molar-refractivity contribution < 1.29 is 9.53 Å². The second-order valence-corrected chi connectivity index (χ2v) is 6.38. The molecule has 26 heavy (non-hydrogen) atoms. The second-order valence-electron chi connectivity index (χ2n) is 6.38. The molecule has 0 saturated carbocycles. The van der Waals surface area contributed by atoms with Crippen LogP contribution in [0.3, 0.4) is 0 Å². The number of carbonyl (C=O) groups excluding carboxylic acids is 1. The lowest BCUT2D eigenvalue weighted by atomic mass is 10.2. The van der Waals surface area contributed by atoms with E-state index in [1.165, 1.54) is 11.3 Å². The summed E-state index contributed by atoms with van der Waals surface area (Å²) in [6.45, 7) is 9.46. The molecule has 0 bridgehead atoms. The summed E-state index contributed by atoms with van der Waals surface area (Å²) in [4.78, 5) is 14.3. The number of anilines is 1. The molecule has 0 aliphatic rings. The molecule has 0 aliphatic heterocycles. The monoisotopic (exact) mass is 354 g/mol. The van der Waals surface area contributed by atoms with Gasteiger partial charge in [-0.1, -0.05) is 29.8 Å². The molecule has 0 spiro atoms. The van der Waals surface area contributed by atoms with Gasteiger partial charge >= 0.3 is 0 Å². The van der Waals surface area contributed by atoms with Crippen LogP contribution in [0.15, 0.2) is 48.5 Å². The van der Waals surface area contributed by atoms with Gasteiger partial charge in [-0.15, -0.1) is 0 Å². The molecule has 0 aromatic heterocycles. The van der Waals surface area contributed by atoms with Crippen LogP contribution in [0.5, 0.6) is 5.75 Å². The predicted molar refractivity (Wildman–Crippen MR) is 108 cm³/mol. The number of carbonyl (C=O) groups is 1. The molecule has 2 aromatic carbocycles. The first-order valence-electron chi connectivity index (χ1n) is 9.42. The topological polar surface area (TPSA) is 41.6 Å². The fraction of sp³-hybridized carbons (Fsp3) is 0.409. The lowest BCUT2D eigenvalue weighted by molar-refractivity contribution is -0.121. The molecule has 2 rings (SSSR count). The van der Waals surface area contributed by atoms with Crippen molar-refractivity contribution in [1.29, 1.82) is 0 Å². The van der Waals surface area contributed by atoms with Gasteiger partial charge in [-0.3, -0.25) is 4.79 Å². The molecule has 0 fully saturated rings. The first kappa shape index (κ1) is 19.8. The maximum Gasteiger partial charge on any atom is 0.220 e. The van der Waals surface area contributed by atoms with Crippen LogP contribution in [0.4, 0.5) is 5.69 Å². The molecule has 1 N–H and O–H groups in total. The van der Waals surface area contributed by atoms with E-state index in [1.807, 2.05) is 31.2 Å². The largest absolute Gasteiger partial charge is 0.494 e. The Hall–Kier alpha value is -2.49. The molecule has 4 nitrogen and oxygen atoms in total. The molecular formula is C22H30N2O2. The molecule has 0 heterocycles. The Labute approximate surface area is 157 Å². The molecule has 140 valence electrons. The minimum absolute atomic E-state index is 0.0605. The Morgan fingerprint density at radius 1 is 1.00 bits per heavy atom. The quantitative estimate of drug-likeness (QED) is 0.646. The van der Waals surface area contributed by atoms with Crippen molar-refractivity contribution in [2.24, 2.45) is 0 Å². The molecule has 2 aromatic rings. The summed E-state index contributed by atoms with van der Waals surface area (Å²) < 4.78 is 5.65. The highest BCUT2D eigenvalue weighted by molar-refractivity contribution is 5.75. The number of ether oxygens (including phenoxy) is 1. The van der Waals surface area contributed by atoms with E-state index in [0.717, 1.165) is 24.4 Å². The predicted octanol–water partition coefficient (Wildman–Crippen LogP) is 4.32. The van der Waals surface area contributed by atoms with Crippen molar-refractivity contribution >= 4 is 11.6 Å². The van der Waals surface area contributed by atoms with Crippen LogP contribution in [-0.2, 0) is 11.3 Å². The van der Waals surface area contributed by atoms with Gasteiger partial charge in [0.05, 0.1) is 6.61 Å². The van der Waals surface area contributed by atoms with Gasteiger partial charge in [-0.25, -0.2) is 0 Å². The summed E-state index contributed by atoms with van der Waals surface area (Å²) in [5.41, 5.74) is 3.55. The van der Waals surface area contributed by atoms with E-state index in [2.05, 4.69) is 48.3 Å². The number of rotatable bonds is 10. The van der Waals surface area contributed by atoms with Crippen molar-refractivity contribution in [2.45, 2.75) is 40.2 Å². The average Bonchev–Trinajstić information content (AvgIpc) is 2.67. The number of hydrogen-bond donors (Lipinski definition) is 1. The normalized spacial score (nSPS) is 10.4. The lowest BCUT2D eigenvalue weighted by Crippen LogP contribution is -2.23. The number of aryl methyl sites for hydroxylation is 1. The van der Waals surface area contributed by atoms with Crippen LogP contribution in [0.1, 0.15) is 37.8 Å². The molecule has 0 radical (unpaired) electrons. The summed E-state index contributed by atoms with van der Waals surface area (Å²) in [7, 11) is 0. The highest BCUT2D eigenvalue weighted by Crippen LogP contribution is 2.15. The highest BCUT2D eigenvalue weighted by Gasteiger charge is 2.04. The Balaban J connectivity index is 1.66. The van der Waals surface area contributed by atoms with E-state index in [1.54, 1.807) is 0 Å². The van der Waals surface area contributed by atoms with E-state index < -0.39 is 0 Å². The first-order valence-corrected chi connectivity index (χ1v) is 9.42. The number of amides is 1. The molecule has 0 aliphatic carbocycles. The maximum absolute atomic E-state index is 12.0. The van der Waals surface area contributed by atoms with Crippen molar-refractivity contribution in [3.63, 3.8) is 0 Å². The Morgan fingerprint density at radius 3 is 2.27 bits per heavy atom. The summed E-state index contributed by atoms with van der Waals surface area (Å²) >= 11 is 0. The molecular weight excluding hydrogens is 324 g/mol. The van der Waals surface area contributed by atoms with Crippen LogP contribution in [-0.4, -0.2) is 25.6 Å². The van der Waals surface area contributed by atoms with Crippen LogP contribution in [0.2, 0.25) is 0 Å². The second kappa shape index (κ2) is 10.5. The molecule has 1 amide bonds. The van der Waals surface area contributed by atoms with Gasteiger partial charge in [0.25, 0.3) is 0 Å². The summed E-state index contributed by atoms with van der Waals surface area (Å²) in [6.07, 6.45) is 1.18. The van der Waals surface area contributed by atoms with Crippen molar-refractivity contribution in [2.75, 3.05) is 24.6 Å². The minimum Gasteiger partial charge on any atom is -0.494 e. The zero-order chi connectivity index (χ0) is 18.8. The summed E-state index contributed by atoms with van der Waals surface area (Å²) in [5.74, 6) is 0.912. The van der Waals surface area contributed by atoms with E-state index in [-0.39, 0.29) is 5.91 Å². The van der Waals surface area contributed by atoms with Gasteiger partial charge < -0.3 is 15.0 Å². The van der Waals surface area contributed by atoms with E-state index in [4.69, 9.17) is 4.74 Å². The lowest BCUT2D eigenvalue weighted by Gasteiger charge is -2.21. The minimum atomic E-state index is 0.0605. The van der Waals surface area contributed by atoms with Gasteiger partial charge in [0.15, 0.2) is 0 Å². The Kier molecular flexibility index (Phi) is 8.00. The fourth-order valence-corrected chi connectivity index (χ4v) is 2.76. The number of hydrogen-bond acceptors (Lipinski definition) is 3. The van der Waals surface area contributed by atoms with Gasteiger partial charge in [-0.05, 0) is 57.0 Å². The fourth-order valence-electron chi connectivity index (χ4n) is 2.76. The Morgan fingerprint density at radius 2 is 1.65 bits per heavy atom. The first-order chi connectivity index (χ1) is 12.6. The van der Waals surface area contributed by atoms with Crippen molar-refractivity contribution in [3.8, 4) is 5.75 Å². The van der Waals surface area contributed by atoms with Crippen molar-refractivity contribution in [3.05, 3.63) is 59.7 Å². The van der Waals surface area contributed by atoms with Crippen molar-refractivity contribution in [1.82, 2.24) is 5.32 Å². The standard InChI is InChI=1S/C22H30N2O2/c1-4-24(5-2)20-12-10-19(11-13-20)17-23-22(25)7-6-16-26-21-14-8-18(3)9-15-21/h8-15H,4-7,16-17H2,1-3H3,(H,23,25). The Bertz CT molecular complexity index is 662. The van der Waals surface area contributed by atoms with Crippen LogP contribution >= 0.6 is 0 Å². The zero-order valence-corrected chi connectivity index (χ0v) is 16.1. The van der Waals surface area contributed by atoms with Crippen LogP contribution in [0, 0.1) is 6.92 Å². The van der Waals surface area contributed by atoms with E-state index in [0.29, 0.717) is 26.0 Å². The molecule has 0 saturated heterocycles. The van der Waals surface area contributed by atoms with Crippen LogP contribution < -0.4 is 15.0 Å². The SMILES string of the molecule is CCN(CC)c1ccc(CNC(=O)CCCOc2ccc(C)cc2)cc1. The highest BCUT2D eigenvalue weighted by atomic mass is 16.5. The smallest absolute Gasteiger partial charge is 0.220 e. The third-order valence-corrected chi connectivity index (χ3v) is 4.39. The van der Waals surface area contributed by atoms with Gasteiger partial charge in [-0.2, -0.15) is 0 Å². The van der Waals surface area contributed by atoms with Gasteiger partial charge in [0, 0.05) is 31.7 Å². The molecule has 4 heteroatoms. The average molecular weight is 354 g/mol. The molecule has 0 unspecified atom stereocenters. The summed E-state index contributed by atoms with van der Waals surface area (Å²) in [6, 6.07) is 16.3. The number of nitrogens with zero attached hydrogens (tertiary/aromatic N) is 1.